The largest absolute Gasteiger partial charge is 0.508 e. The second-order valence-electron chi connectivity index (χ2n) is 9.24. The fourth-order valence-electron chi connectivity index (χ4n) is 6.97. The average molecular weight is 338 g/mol. The van der Waals surface area contributed by atoms with Gasteiger partial charge in [-0.2, -0.15) is 0 Å². The first-order chi connectivity index (χ1) is 12.1. The summed E-state index contributed by atoms with van der Waals surface area (Å²) >= 11 is 0. The molecule has 0 aromatic heterocycles. The lowest BCUT2D eigenvalue weighted by Gasteiger charge is -2.49. The molecule has 4 fully saturated rings. The number of nitrogens with one attached hydrogen (secondary N) is 1. The minimum absolute atomic E-state index is 0.0394. The molecule has 1 amide bonds. The Morgan fingerprint density at radius 2 is 2.16 bits per heavy atom. The van der Waals surface area contributed by atoms with Crippen LogP contribution in [0.15, 0.2) is 18.2 Å². The van der Waals surface area contributed by atoms with E-state index in [0.717, 1.165) is 18.9 Å². The predicted molar refractivity (Wildman–Crippen MR) is 94.3 cm³/mol. The van der Waals surface area contributed by atoms with Crippen molar-refractivity contribution in [3.63, 3.8) is 0 Å². The SMILES string of the molecule is O=C1C[C@@]23c4cc(O)ccc4CC4CN(CC5CC5)[C@H](CC42)[C@@H]3CN1. The lowest BCUT2D eigenvalue weighted by molar-refractivity contribution is -0.126. The molecule has 2 unspecified atom stereocenters. The van der Waals surface area contributed by atoms with Crippen molar-refractivity contribution in [2.24, 2.45) is 23.7 Å². The fraction of sp³-hybridized carbons (Fsp3) is 0.667. The van der Waals surface area contributed by atoms with Crippen molar-refractivity contribution in [3.8, 4) is 5.75 Å². The average Bonchev–Trinajstić information content (AvgIpc) is 3.34. The van der Waals surface area contributed by atoms with Crippen molar-refractivity contribution in [3.05, 3.63) is 29.3 Å². The number of phenols is 1. The van der Waals surface area contributed by atoms with E-state index in [-0.39, 0.29) is 11.3 Å². The van der Waals surface area contributed by atoms with Crippen LogP contribution in [0.2, 0.25) is 0 Å². The summed E-state index contributed by atoms with van der Waals surface area (Å²) < 4.78 is 0. The van der Waals surface area contributed by atoms with Gasteiger partial charge in [-0.15, -0.1) is 0 Å². The van der Waals surface area contributed by atoms with Gasteiger partial charge in [0.2, 0.25) is 5.91 Å². The maximum Gasteiger partial charge on any atom is 0.220 e. The molecule has 2 bridgehead atoms. The molecule has 6 rings (SSSR count). The first-order valence-corrected chi connectivity index (χ1v) is 9.98. The molecule has 2 N–H and O–H groups in total. The highest BCUT2D eigenvalue weighted by Gasteiger charge is 2.65. The number of amides is 1. The Morgan fingerprint density at radius 1 is 1.28 bits per heavy atom. The predicted octanol–water partition coefficient (Wildman–Crippen LogP) is 2.05. The first-order valence-electron chi connectivity index (χ1n) is 9.98. The lowest BCUT2D eigenvalue weighted by Crippen LogP contribution is -2.55. The van der Waals surface area contributed by atoms with Crippen molar-refractivity contribution in [2.45, 2.75) is 43.6 Å². The molecule has 3 aliphatic carbocycles. The minimum atomic E-state index is -0.0394. The third-order valence-corrected chi connectivity index (χ3v) is 8.03. The van der Waals surface area contributed by atoms with Gasteiger partial charge in [0.15, 0.2) is 0 Å². The molecular weight excluding hydrogens is 312 g/mol. The second kappa shape index (κ2) is 4.79. The zero-order valence-corrected chi connectivity index (χ0v) is 14.6. The van der Waals surface area contributed by atoms with Crippen molar-refractivity contribution >= 4 is 5.91 Å². The lowest BCUT2D eigenvalue weighted by atomic mass is 9.55. The number of benzene rings is 1. The van der Waals surface area contributed by atoms with E-state index in [1.807, 2.05) is 12.1 Å². The number of rotatable bonds is 2. The zero-order chi connectivity index (χ0) is 16.8. The number of hydrogen-bond acceptors (Lipinski definition) is 3. The molecule has 4 heteroatoms. The van der Waals surface area contributed by atoms with E-state index >= 15 is 0 Å². The van der Waals surface area contributed by atoms with Crippen LogP contribution in [0, 0.1) is 23.7 Å². The fourth-order valence-corrected chi connectivity index (χ4v) is 6.97. The van der Waals surface area contributed by atoms with Crippen LogP contribution in [0.4, 0.5) is 0 Å². The minimum Gasteiger partial charge on any atom is -0.508 e. The van der Waals surface area contributed by atoms with Crippen molar-refractivity contribution < 1.29 is 9.90 Å². The van der Waals surface area contributed by atoms with E-state index in [1.54, 1.807) is 0 Å². The normalized spacial score (nSPS) is 41.8. The van der Waals surface area contributed by atoms with E-state index in [0.29, 0.717) is 36.0 Å². The molecule has 1 aromatic carbocycles. The summed E-state index contributed by atoms with van der Waals surface area (Å²) in [4.78, 5) is 15.3. The highest BCUT2D eigenvalue weighted by Crippen LogP contribution is 2.63. The molecule has 2 saturated heterocycles. The van der Waals surface area contributed by atoms with E-state index in [4.69, 9.17) is 0 Å². The summed E-state index contributed by atoms with van der Waals surface area (Å²) in [6.07, 6.45) is 5.77. The van der Waals surface area contributed by atoms with Crippen LogP contribution < -0.4 is 5.32 Å². The highest BCUT2D eigenvalue weighted by atomic mass is 16.3. The van der Waals surface area contributed by atoms with Crippen molar-refractivity contribution in [1.82, 2.24) is 10.2 Å². The summed E-state index contributed by atoms with van der Waals surface area (Å²) in [5, 5.41) is 13.3. The number of nitrogens with zero attached hydrogens (tertiary/aromatic N) is 1. The Morgan fingerprint density at radius 3 is 3.00 bits per heavy atom. The number of carbonyl (C=O) groups excluding carboxylic acids is 1. The molecule has 1 spiro atoms. The molecule has 1 aromatic rings. The van der Waals surface area contributed by atoms with Gasteiger partial charge in [-0.25, -0.2) is 0 Å². The number of likely N-dealkylation sites (tertiary alicyclic amines) is 1. The topological polar surface area (TPSA) is 52.6 Å². The molecular formula is C21H26N2O2. The number of piperidine rings is 2. The van der Waals surface area contributed by atoms with Gasteiger partial charge in [0.25, 0.3) is 0 Å². The monoisotopic (exact) mass is 338 g/mol. The number of aromatic hydroxyl groups is 1. The van der Waals surface area contributed by atoms with E-state index < -0.39 is 0 Å². The summed E-state index contributed by atoms with van der Waals surface area (Å²) in [6.45, 7) is 3.28. The van der Waals surface area contributed by atoms with Gasteiger partial charge in [-0.3, -0.25) is 9.69 Å². The number of phenolic OH excluding ortho intramolecular Hbond substituents is 1. The van der Waals surface area contributed by atoms with Crippen LogP contribution in [0.1, 0.15) is 36.8 Å². The van der Waals surface area contributed by atoms with Crippen LogP contribution in [0.3, 0.4) is 0 Å². The highest BCUT2D eigenvalue weighted by molar-refractivity contribution is 5.80. The summed E-state index contributed by atoms with van der Waals surface area (Å²) in [7, 11) is 0. The summed E-state index contributed by atoms with van der Waals surface area (Å²) in [6, 6.07) is 6.55. The van der Waals surface area contributed by atoms with Crippen LogP contribution in [0.5, 0.6) is 5.75 Å². The standard InChI is InChI=1S/C21H26N2O2/c24-15-4-3-13-5-14-11-23(10-12-1-2-12)19-7-17(14)21(16(13)6-15)8-20(25)22-9-18(19)21/h3-4,6,12,14,17-19,24H,1-2,5,7-11H2,(H,22,25)/t14?,17?,18-,19+,21+/m0/s1. The Labute approximate surface area is 148 Å². The van der Waals surface area contributed by atoms with Crippen LogP contribution >= 0.6 is 0 Å². The number of fused-ring (bicyclic) bond motifs is 3. The van der Waals surface area contributed by atoms with Gasteiger partial charge in [0.1, 0.15) is 5.75 Å². The quantitative estimate of drug-likeness (QED) is 0.868. The van der Waals surface area contributed by atoms with Crippen molar-refractivity contribution in [1.29, 1.82) is 0 Å². The van der Waals surface area contributed by atoms with E-state index in [1.165, 1.54) is 43.5 Å². The third-order valence-electron chi connectivity index (χ3n) is 8.03. The molecule has 2 heterocycles. The van der Waals surface area contributed by atoms with Gasteiger partial charge >= 0.3 is 0 Å². The van der Waals surface area contributed by atoms with Gasteiger partial charge in [0, 0.05) is 43.4 Å². The molecule has 2 saturated carbocycles. The van der Waals surface area contributed by atoms with Crippen LogP contribution in [0.25, 0.3) is 0 Å². The van der Waals surface area contributed by atoms with Crippen molar-refractivity contribution in [2.75, 3.05) is 19.6 Å². The zero-order valence-electron chi connectivity index (χ0n) is 14.6. The van der Waals surface area contributed by atoms with E-state index in [9.17, 15) is 9.90 Å². The van der Waals surface area contributed by atoms with Gasteiger partial charge in [-0.05, 0) is 66.7 Å². The Bertz CT molecular complexity index is 758. The summed E-state index contributed by atoms with van der Waals surface area (Å²) in [5.74, 6) is 3.25. The van der Waals surface area contributed by atoms with Gasteiger partial charge < -0.3 is 10.4 Å². The molecule has 2 aliphatic heterocycles. The van der Waals surface area contributed by atoms with Crippen LogP contribution in [-0.2, 0) is 16.6 Å². The Balaban J connectivity index is 1.51. The van der Waals surface area contributed by atoms with Gasteiger partial charge in [0.05, 0.1) is 0 Å². The maximum absolute atomic E-state index is 12.5. The molecule has 0 radical (unpaired) electrons. The van der Waals surface area contributed by atoms with Crippen LogP contribution in [-0.4, -0.2) is 41.6 Å². The maximum atomic E-state index is 12.5. The molecule has 132 valence electrons. The molecule has 25 heavy (non-hydrogen) atoms. The third kappa shape index (κ3) is 1.89. The van der Waals surface area contributed by atoms with E-state index in [2.05, 4.69) is 16.3 Å². The smallest absolute Gasteiger partial charge is 0.220 e. The molecule has 4 nitrogen and oxygen atoms in total. The molecule has 5 aliphatic rings. The summed E-state index contributed by atoms with van der Waals surface area (Å²) in [5.41, 5.74) is 2.64. The Kier molecular flexibility index (Phi) is 2.80. The Hall–Kier alpha value is -1.55. The number of carbonyl (C=O) groups is 1. The second-order valence-corrected chi connectivity index (χ2v) is 9.24. The first kappa shape index (κ1) is 14.6. The van der Waals surface area contributed by atoms with Gasteiger partial charge in [-0.1, -0.05) is 6.07 Å². The number of hydrogen-bond donors (Lipinski definition) is 2. The molecule has 5 atom stereocenters.